The minimum atomic E-state index is -0.859. The van der Waals surface area contributed by atoms with Crippen LogP contribution in [-0.2, 0) is 4.79 Å². The number of carboxylic acids is 1. The number of hydrogen-bond acceptors (Lipinski definition) is 4. The minimum absolute atomic E-state index is 0. The number of carboxylic acid groups (broad SMARTS) is 1. The molecule has 6 nitrogen and oxygen atoms in total. The van der Waals surface area contributed by atoms with Gasteiger partial charge in [-0.3, -0.25) is 9.59 Å². The Morgan fingerprint density at radius 2 is 2.12 bits per heavy atom. The Morgan fingerprint density at radius 3 is 2.67 bits per heavy atom. The SMILES string of the molecule is CCCOc1c(Br)cc(C(=O)N2CCC(C(=O)O)C2)cc1OC.Cl. The Hall–Kier alpha value is -1.47. The van der Waals surface area contributed by atoms with E-state index in [2.05, 4.69) is 15.9 Å². The molecule has 1 atom stereocenters. The summed E-state index contributed by atoms with van der Waals surface area (Å²) < 4.78 is 11.6. The van der Waals surface area contributed by atoms with Gasteiger partial charge >= 0.3 is 5.97 Å². The van der Waals surface area contributed by atoms with Crippen LogP contribution in [0.2, 0.25) is 0 Å². The van der Waals surface area contributed by atoms with Crippen molar-refractivity contribution < 1.29 is 24.2 Å². The lowest BCUT2D eigenvalue weighted by Gasteiger charge is -2.18. The third-order valence-electron chi connectivity index (χ3n) is 3.75. The summed E-state index contributed by atoms with van der Waals surface area (Å²) in [6, 6.07) is 3.32. The highest BCUT2D eigenvalue weighted by atomic mass is 79.9. The van der Waals surface area contributed by atoms with Crippen LogP contribution in [0.15, 0.2) is 16.6 Å². The van der Waals surface area contributed by atoms with Gasteiger partial charge in [0.25, 0.3) is 5.91 Å². The van der Waals surface area contributed by atoms with Gasteiger partial charge in [0, 0.05) is 18.7 Å². The molecule has 1 aliphatic rings. The molecule has 1 heterocycles. The first-order chi connectivity index (χ1) is 11.0. The molecule has 0 radical (unpaired) electrons. The van der Waals surface area contributed by atoms with Crippen molar-refractivity contribution in [2.75, 3.05) is 26.8 Å². The summed E-state index contributed by atoms with van der Waals surface area (Å²) in [6.45, 7) is 3.24. The number of carbonyl (C=O) groups is 2. The summed E-state index contributed by atoms with van der Waals surface area (Å²) in [5, 5.41) is 9.05. The summed E-state index contributed by atoms with van der Waals surface area (Å²) in [5.41, 5.74) is 0.448. The van der Waals surface area contributed by atoms with Gasteiger partial charge < -0.3 is 19.5 Å². The molecule has 1 saturated heterocycles. The molecule has 1 unspecified atom stereocenters. The number of hydrogen-bond donors (Lipinski definition) is 1. The molecule has 1 N–H and O–H groups in total. The van der Waals surface area contributed by atoms with Gasteiger partial charge in [0.1, 0.15) is 0 Å². The molecule has 0 aromatic heterocycles. The summed E-state index contributed by atoms with van der Waals surface area (Å²) >= 11 is 3.41. The number of halogens is 2. The van der Waals surface area contributed by atoms with Crippen LogP contribution < -0.4 is 9.47 Å². The molecule has 8 heteroatoms. The Balaban J connectivity index is 0.00000288. The predicted octanol–water partition coefficient (Wildman–Crippen LogP) is 3.22. The Kier molecular flexibility index (Phi) is 7.83. The highest BCUT2D eigenvalue weighted by Gasteiger charge is 2.31. The maximum Gasteiger partial charge on any atom is 0.308 e. The zero-order valence-corrected chi connectivity index (χ0v) is 16.0. The lowest BCUT2D eigenvalue weighted by atomic mass is 10.1. The zero-order valence-electron chi connectivity index (χ0n) is 13.6. The van der Waals surface area contributed by atoms with E-state index in [-0.39, 0.29) is 24.9 Å². The maximum absolute atomic E-state index is 12.6. The van der Waals surface area contributed by atoms with E-state index >= 15 is 0 Å². The quantitative estimate of drug-likeness (QED) is 0.762. The average Bonchev–Trinajstić information content (AvgIpc) is 3.02. The molecule has 0 spiro atoms. The van der Waals surface area contributed by atoms with Crippen molar-refractivity contribution in [2.45, 2.75) is 19.8 Å². The molecule has 1 aromatic carbocycles. The topological polar surface area (TPSA) is 76.1 Å². The maximum atomic E-state index is 12.6. The standard InChI is InChI=1S/C16H20BrNO5.ClH/c1-3-6-23-14-12(17)7-11(8-13(14)22-2)15(19)18-5-4-10(9-18)16(20)21;/h7-8,10H,3-6,9H2,1-2H3,(H,20,21);1H. The van der Waals surface area contributed by atoms with Crippen molar-refractivity contribution >= 4 is 40.2 Å². The van der Waals surface area contributed by atoms with Crippen LogP contribution in [0.25, 0.3) is 0 Å². The van der Waals surface area contributed by atoms with E-state index in [1.165, 1.54) is 7.11 Å². The number of rotatable bonds is 6. The molecular weight excluding hydrogens is 402 g/mol. The fourth-order valence-corrected chi connectivity index (χ4v) is 3.07. The van der Waals surface area contributed by atoms with Crippen LogP contribution >= 0.6 is 28.3 Å². The van der Waals surface area contributed by atoms with Crippen molar-refractivity contribution in [1.82, 2.24) is 4.90 Å². The monoisotopic (exact) mass is 421 g/mol. The van der Waals surface area contributed by atoms with Crippen LogP contribution in [0, 0.1) is 5.92 Å². The summed E-state index contributed by atoms with van der Waals surface area (Å²) in [4.78, 5) is 25.2. The van der Waals surface area contributed by atoms with Crippen LogP contribution in [0.4, 0.5) is 0 Å². The number of ether oxygens (including phenoxy) is 2. The number of amides is 1. The molecule has 0 saturated carbocycles. The van der Waals surface area contributed by atoms with E-state index in [1.54, 1.807) is 17.0 Å². The van der Waals surface area contributed by atoms with Crippen molar-refractivity contribution in [1.29, 1.82) is 0 Å². The van der Waals surface area contributed by atoms with Gasteiger partial charge in [-0.05, 0) is 40.9 Å². The van der Waals surface area contributed by atoms with Crippen molar-refractivity contribution in [3.05, 3.63) is 22.2 Å². The lowest BCUT2D eigenvalue weighted by Crippen LogP contribution is -2.30. The van der Waals surface area contributed by atoms with Crippen molar-refractivity contribution in [3.63, 3.8) is 0 Å². The van der Waals surface area contributed by atoms with E-state index in [0.29, 0.717) is 41.1 Å². The van der Waals surface area contributed by atoms with Gasteiger partial charge in [-0.15, -0.1) is 12.4 Å². The van der Waals surface area contributed by atoms with Gasteiger partial charge in [0.2, 0.25) is 0 Å². The first kappa shape index (κ1) is 20.6. The number of aliphatic carboxylic acids is 1. The average molecular weight is 423 g/mol. The number of methoxy groups -OCH3 is 1. The smallest absolute Gasteiger partial charge is 0.308 e. The second kappa shape index (κ2) is 9.13. The fraction of sp³-hybridized carbons (Fsp3) is 0.500. The van der Waals surface area contributed by atoms with Gasteiger partial charge in [0.05, 0.1) is 24.1 Å². The summed E-state index contributed by atoms with van der Waals surface area (Å²) in [6.07, 6.45) is 1.34. The summed E-state index contributed by atoms with van der Waals surface area (Å²) in [7, 11) is 1.52. The van der Waals surface area contributed by atoms with E-state index in [9.17, 15) is 9.59 Å². The van der Waals surface area contributed by atoms with Crippen molar-refractivity contribution in [2.24, 2.45) is 5.92 Å². The first-order valence-corrected chi connectivity index (χ1v) is 8.29. The normalized spacial score (nSPS) is 16.5. The third-order valence-corrected chi connectivity index (χ3v) is 4.34. The van der Waals surface area contributed by atoms with E-state index in [0.717, 1.165) is 6.42 Å². The molecule has 2 rings (SSSR count). The third kappa shape index (κ3) is 4.54. The molecule has 24 heavy (non-hydrogen) atoms. The summed E-state index contributed by atoms with van der Waals surface area (Å²) in [5.74, 6) is -0.505. The molecule has 1 amide bonds. The van der Waals surface area contributed by atoms with E-state index in [4.69, 9.17) is 14.6 Å². The van der Waals surface area contributed by atoms with Gasteiger partial charge in [-0.25, -0.2) is 0 Å². The van der Waals surface area contributed by atoms with Crippen LogP contribution in [-0.4, -0.2) is 48.7 Å². The minimum Gasteiger partial charge on any atom is -0.493 e. The highest BCUT2D eigenvalue weighted by molar-refractivity contribution is 9.10. The first-order valence-electron chi connectivity index (χ1n) is 7.50. The number of likely N-dealkylation sites (tertiary alicyclic amines) is 1. The molecule has 1 fully saturated rings. The van der Waals surface area contributed by atoms with Crippen molar-refractivity contribution in [3.8, 4) is 11.5 Å². The number of benzene rings is 1. The molecule has 0 bridgehead atoms. The number of nitrogens with zero attached hydrogens (tertiary/aromatic N) is 1. The second-order valence-corrected chi connectivity index (χ2v) is 6.27. The highest BCUT2D eigenvalue weighted by Crippen LogP contribution is 2.37. The van der Waals surface area contributed by atoms with Crippen LogP contribution in [0.1, 0.15) is 30.1 Å². The lowest BCUT2D eigenvalue weighted by molar-refractivity contribution is -0.141. The van der Waals surface area contributed by atoms with E-state index < -0.39 is 11.9 Å². The molecule has 1 aliphatic heterocycles. The van der Waals surface area contributed by atoms with Gasteiger partial charge in [-0.1, -0.05) is 6.92 Å². The Bertz CT molecular complexity index is 610. The second-order valence-electron chi connectivity index (χ2n) is 5.41. The number of carbonyl (C=O) groups excluding carboxylic acids is 1. The molecule has 1 aromatic rings. The van der Waals surface area contributed by atoms with Crippen LogP contribution in [0.3, 0.4) is 0 Å². The Morgan fingerprint density at radius 1 is 1.42 bits per heavy atom. The predicted molar refractivity (Wildman–Crippen MR) is 95.4 cm³/mol. The van der Waals surface area contributed by atoms with E-state index in [1.807, 2.05) is 6.92 Å². The molecular formula is C16H21BrClNO5. The zero-order chi connectivity index (χ0) is 17.0. The Labute approximate surface area is 155 Å². The molecule has 134 valence electrons. The molecule has 0 aliphatic carbocycles. The van der Waals surface area contributed by atoms with Crippen LogP contribution in [0.5, 0.6) is 11.5 Å². The van der Waals surface area contributed by atoms with Gasteiger partial charge in [-0.2, -0.15) is 0 Å². The largest absolute Gasteiger partial charge is 0.493 e. The van der Waals surface area contributed by atoms with Gasteiger partial charge in [0.15, 0.2) is 11.5 Å². The fourth-order valence-electron chi connectivity index (χ4n) is 2.52.